The molecule has 30 heavy (non-hydrogen) atoms. The number of hydrogen-bond acceptors (Lipinski definition) is 1. The topological polar surface area (TPSA) is 9.23 Å². The summed E-state index contributed by atoms with van der Waals surface area (Å²) >= 11 is 0. The number of aryl methyl sites for hydroxylation is 1. The van der Waals surface area contributed by atoms with E-state index in [2.05, 4.69) is 4.74 Å². The van der Waals surface area contributed by atoms with Crippen molar-refractivity contribution in [3.05, 3.63) is 77.4 Å². The third kappa shape index (κ3) is 4.45. The van der Waals surface area contributed by atoms with Crippen molar-refractivity contribution in [1.29, 1.82) is 0 Å². The molecule has 3 aromatic carbocycles. The second-order valence-electron chi connectivity index (χ2n) is 6.68. The highest BCUT2D eigenvalue weighted by atomic mass is 19.3. The van der Waals surface area contributed by atoms with Gasteiger partial charge in [0.1, 0.15) is 6.61 Å². The SMILES string of the molecule is CCCc1ccc(-c2ccc(-c3ccc(OCC(F)F)c(F)c3F)c(F)c2F)cc1. The van der Waals surface area contributed by atoms with Gasteiger partial charge in [-0.3, -0.25) is 0 Å². The molecule has 0 heterocycles. The number of ether oxygens (including phenoxy) is 1. The van der Waals surface area contributed by atoms with E-state index in [0.717, 1.165) is 36.6 Å². The first-order chi connectivity index (χ1) is 14.3. The van der Waals surface area contributed by atoms with E-state index in [4.69, 9.17) is 0 Å². The Balaban J connectivity index is 1.96. The minimum absolute atomic E-state index is 0.0166. The molecule has 0 aliphatic rings. The average Bonchev–Trinajstić information content (AvgIpc) is 2.72. The van der Waals surface area contributed by atoms with Gasteiger partial charge >= 0.3 is 0 Å². The lowest BCUT2D eigenvalue weighted by atomic mass is 9.97. The van der Waals surface area contributed by atoms with Gasteiger partial charge in [0.2, 0.25) is 5.82 Å². The fraction of sp³-hybridized carbons (Fsp3) is 0.217. The minimum Gasteiger partial charge on any atom is -0.484 e. The zero-order valence-electron chi connectivity index (χ0n) is 16.0. The first kappa shape index (κ1) is 21.7. The van der Waals surface area contributed by atoms with Gasteiger partial charge in [-0.2, -0.15) is 4.39 Å². The van der Waals surface area contributed by atoms with Gasteiger partial charge in [-0.15, -0.1) is 0 Å². The van der Waals surface area contributed by atoms with Crippen molar-refractivity contribution in [2.24, 2.45) is 0 Å². The van der Waals surface area contributed by atoms with Gasteiger partial charge in [-0.05, 0) is 29.7 Å². The molecule has 0 bridgehead atoms. The van der Waals surface area contributed by atoms with Gasteiger partial charge in [0.05, 0.1) is 0 Å². The van der Waals surface area contributed by atoms with E-state index in [1.54, 1.807) is 12.1 Å². The molecule has 0 radical (unpaired) electrons. The molecule has 0 aromatic heterocycles. The van der Waals surface area contributed by atoms with E-state index >= 15 is 0 Å². The largest absolute Gasteiger partial charge is 0.484 e. The molecule has 0 atom stereocenters. The molecule has 0 saturated heterocycles. The summed E-state index contributed by atoms with van der Waals surface area (Å²) in [6, 6.07) is 11.2. The fourth-order valence-electron chi connectivity index (χ4n) is 3.12. The predicted octanol–water partition coefficient (Wildman–Crippen LogP) is 7.17. The summed E-state index contributed by atoms with van der Waals surface area (Å²) in [6.07, 6.45) is -1.06. The lowest BCUT2D eigenvalue weighted by Gasteiger charge is -2.12. The van der Waals surface area contributed by atoms with E-state index in [9.17, 15) is 26.3 Å². The lowest BCUT2D eigenvalue weighted by molar-refractivity contribution is 0.0795. The molecule has 0 amide bonds. The first-order valence-corrected chi connectivity index (χ1v) is 9.30. The molecule has 3 aromatic rings. The van der Waals surface area contributed by atoms with Crippen LogP contribution in [0.3, 0.4) is 0 Å². The van der Waals surface area contributed by atoms with Gasteiger partial charge in [-0.1, -0.05) is 49.7 Å². The summed E-state index contributed by atoms with van der Waals surface area (Å²) in [5.74, 6) is -6.35. The standard InChI is InChI=1S/C23H18F6O/c1-2-3-13-4-6-14(7-5-13)15-8-9-16(21(27)20(15)26)17-10-11-18(23(29)22(17)28)30-12-19(24)25/h4-11,19H,2-3,12H2,1H3. The van der Waals surface area contributed by atoms with Crippen LogP contribution >= 0.6 is 0 Å². The van der Waals surface area contributed by atoms with E-state index < -0.39 is 53.2 Å². The van der Waals surface area contributed by atoms with Crippen molar-refractivity contribution in [3.63, 3.8) is 0 Å². The zero-order chi connectivity index (χ0) is 21.8. The van der Waals surface area contributed by atoms with Crippen LogP contribution in [0.25, 0.3) is 22.3 Å². The third-order valence-electron chi connectivity index (χ3n) is 4.59. The van der Waals surface area contributed by atoms with Gasteiger partial charge in [0.25, 0.3) is 6.43 Å². The monoisotopic (exact) mass is 424 g/mol. The van der Waals surface area contributed by atoms with E-state index in [1.807, 2.05) is 19.1 Å². The molecule has 7 heteroatoms. The van der Waals surface area contributed by atoms with E-state index in [1.165, 1.54) is 6.07 Å². The fourth-order valence-corrected chi connectivity index (χ4v) is 3.12. The zero-order valence-corrected chi connectivity index (χ0v) is 16.0. The van der Waals surface area contributed by atoms with Gasteiger partial charge in [0, 0.05) is 16.7 Å². The van der Waals surface area contributed by atoms with Crippen LogP contribution in [0, 0.1) is 23.3 Å². The van der Waals surface area contributed by atoms with Crippen LogP contribution in [0.2, 0.25) is 0 Å². The second-order valence-corrected chi connectivity index (χ2v) is 6.68. The molecule has 158 valence electrons. The Morgan fingerprint density at radius 1 is 0.700 bits per heavy atom. The average molecular weight is 424 g/mol. The Labute approximate surface area is 169 Å². The number of alkyl halides is 2. The molecule has 3 rings (SSSR count). The lowest BCUT2D eigenvalue weighted by Crippen LogP contribution is -2.09. The van der Waals surface area contributed by atoms with Gasteiger partial charge in [0.15, 0.2) is 23.2 Å². The van der Waals surface area contributed by atoms with Gasteiger partial charge in [-0.25, -0.2) is 22.0 Å². The highest BCUT2D eigenvalue weighted by Crippen LogP contribution is 2.35. The van der Waals surface area contributed by atoms with Crippen LogP contribution in [-0.4, -0.2) is 13.0 Å². The molecule has 0 unspecified atom stereocenters. The minimum atomic E-state index is -2.87. The van der Waals surface area contributed by atoms with Crippen LogP contribution in [-0.2, 0) is 6.42 Å². The normalized spacial score (nSPS) is 11.2. The molecule has 0 spiro atoms. The first-order valence-electron chi connectivity index (χ1n) is 9.30. The predicted molar refractivity (Wildman–Crippen MR) is 103 cm³/mol. The van der Waals surface area contributed by atoms with Gasteiger partial charge < -0.3 is 4.74 Å². The molecule has 0 saturated carbocycles. The summed E-state index contributed by atoms with van der Waals surface area (Å²) in [5, 5.41) is 0. The number of hydrogen-bond donors (Lipinski definition) is 0. The summed E-state index contributed by atoms with van der Waals surface area (Å²) in [7, 11) is 0. The summed E-state index contributed by atoms with van der Waals surface area (Å²) in [5.41, 5.74) is 0.455. The van der Waals surface area contributed by atoms with Crippen molar-refractivity contribution in [3.8, 4) is 28.0 Å². The summed E-state index contributed by atoms with van der Waals surface area (Å²) in [6.45, 7) is 0.908. The highest BCUT2D eigenvalue weighted by Gasteiger charge is 2.22. The van der Waals surface area contributed by atoms with Crippen molar-refractivity contribution < 1.29 is 31.1 Å². The Morgan fingerprint density at radius 3 is 1.83 bits per heavy atom. The molecule has 1 nitrogen and oxygen atoms in total. The smallest absolute Gasteiger partial charge is 0.272 e. The van der Waals surface area contributed by atoms with Crippen LogP contribution in [0.1, 0.15) is 18.9 Å². The summed E-state index contributed by atoms with van der Waals surface area (Å²) < 4.78 is 86.8. The molecular weight excluding hydrogens is 406 g/mol. The van der Waals surface area contributed by atoms with E-state index in [-0.39, 0.29) is 5.56 Å². The molecule has 0 aliphatic heterocycles. The Bertz CT molecular complexity index is 1030. The third-order valence-corrected chi connectivity index (χ3v) is 4.59. The molecular formula is C23H18F6O. The van der Waals surface area contributed by atoms with Crippen LogP contribution < -0.4 is 4.74 Å². The number of halogens is 6. The van der Waals surface area contributed by atoms with Crippen molar-refractivity contribution in [1.82, 2.24) is 0 Å². The molecule has 0 fully saturated rings. The maximum Gasteiger partial charge on any atom is 0.272 e. The Kier molecular flexibility index (Phi) is 6.70. The Hall–Kier alpha value is -2.96. The molecule has 0 N–H and O–H groups in total. The second kappa shape index (κ2) is 9.24. The number of benzene rings is 3. The maximum absolute atomic E-state index is 14.7. The Morgan fingerprint density at radius 2 is 1.23 bits per heavy atom. The van der Waals surface area contributed by atoms with Crippen molar-refractivity contribution in [2.75, 3.05) is 6.61 Å². The van der Waals surface area contributed by atoms with Crippen LogP contribution in [0.15, 0.2) is 48.5 Å². The quantitative estimate of drug-likeness (QED) is 0.365. The van der Waals surface area contributed by atoms with E-state index in [0.29, 0.717) is 5.56 Å². The van der Waals surface area contributed by atoms with Crippen molar-refractivity contribution in [2.45, 2.75) is 26.2 Å². The molecule has 0 aliphatic carbocycles. The maximum atomic E-state index is 14.7. The van der Waals surface area contributed by atoms with Crippen LogP contribution in [0.5, 0.6) is 5.75 Å². The summed E-state index contributed by atoms with van der Waals surface area (Å²) in [4.78, 5) is 0. The van der Waals surface area contributed by atoms with Crippen molar-refractivity contribution >= 4 is 0 Å². The number of rotatable bonds is 7. The highest BCUT2D eigenvalue weighted by molar-refractivity contribution is 5.72. The van der Waals surface area contributed by atoms with Crippen LogP contribution in [0.4, 0.5) is 26.3 Å².